The Morgan fingerprint density at radius 1 is 1.37 bits per heavy atom. The molecule has 19 heavy (non-hydrogen) atoms. The lowest BCUT2D eigenvalue weighted by molar-refractivity contribution is 0.338. The van der Waals surface area contributed by atoms with Crippen molar-refractivity contribution in [1.29, 1.82) is 0 Å². The van der Waals surface area contributed by atoms with E-state index in [4.69, 9.17) is 4.74 Å². The van der Waals surface area contributed by atoms with E-state index in [2.05, 4.69) is 41.7 Å². The molecule has 2 aromatic rings. The minimum absolute atomic E-state index is 0.193. The number of aryl methyl sites for hydroxylation is 1. The molecule has 1 unspecified atom stereocenters. The average molecular weight is 276 g/mol. The Labute approximate surface area is 118 Å². The van der Waals surface area contributed by atoms with E-state index in [9.17, 15) is 0 Å². The molecule has 0 amide bonds. The van der Waals surface area contributed by atoms with Crippen molar-refractivity contribution in [2.45, 2.75) is 26.8 Å². The predicted molar refractivity (Wildman–Crippen MR) is 80.0 cm³/mol. The van der Waals surface area contributed by atoms with Gasteiger partial charge in [0.15, 0.2) is 0 Å². The monoisotopic (exact) mass is 276 g/mol. The first-order chi connectivity index (χ1) is 9.26. The van der Waals surface area contributed by atoms with Crippen LogP contribution in [0.1, 0.15) is 35.9 Å². The highest BCUT2D eigenvalue weighted by Gasteiger charge is 2.17. The molecule has 4 heteroatoms. The molecule has 0 aromatic carbocycles. The van der Waals surface area contributed by atoms with Crippen molar-refractivity contribution >= 4 is 11.3 Å². The highest BCUT2D eigenvalue weighted by atomic mass is 32.1. The molecule has 2 aromatic heterocycles. The van der Waals surface area contributed by atoms with Crippen LogP contribution in [0.5, 0.6) is 5.75 Å². The molecule has 0 saturated heterocycles. The van der Waals surface area contributed by atoms with Crippen LogP contribution in [0.2, 0.25) is 0 Å². The van der Waals surface area contributed by atoms with Gasteiger partial charge in [-0.2, -0.15) is 0 Å². The number of thiophene rings is 1. The summed E-state index contributed by atoms with van der Waals surface area (Å²) < 4.78 is 5.54. The Balaban J connectivity index is 2.33. The summed E-state index contributed by atoms with van der Waals surface area (Å²) in [4.78, 5) is 5.63. The second kappa shape index (κ2) is 6.68. The van der Waals surface area contributed by atoms with E-state index in [0.29, 0.717) is 6.61 Å². The van der Waals surface area contributed by atoms with Gasteiger partial charge < -0.3 is 10.1 Å². The third kappa shape index (κ3) is 3.33. The first-order valence-electron chi connectivity index (χ1n) is 6.61. The van der Waals surface area contributed by atoms with Crippen LogP contribution >= 0.6 is 11.3 Å². The fourth-order valence-corrected chi connectivity index (χ4v) is 3.11. The molecule has 0 bridgehead atoms. The smallest absolute Gasteiger partial charge is 0.137 e. The van der Waals surface area contributed by atoms with E-state index < -0.39 is 0 Å². The van der Waals surface area contributed by atoms with Crippen molar-refractivity contribution in [2.75, 3.05) is 13.2 Å². The van der Waals surface area contributed by atoms with E-state index in [-0.39, 0.29) is 6.04 Å². The van der Waals surface area contributed by atoms with Gasteiger partial charge in [-0.3, -0.25) is 4.98 Å². The summed E-state index contributed by atoms with van der Waals surface area (Å²) in [7, 11) is 0. The quantitative estimate of drug-likeness (QED) is 0.876. The molecule has 0 fully saturated rings. The van der Waals surface area contributed by atoms with Crippen molar-refractivity contribution in [3.05, 3.63) is 45.9 Å². The minimum atomic E-state index is 0.193. The van der Waals surface area contributed by atoms with Crippen molar-refractivity contribution in [2.24, 2.45) is 0 Å². The number of hydrogen-bond donors (Lipinski definition) is 1. The summed E-state index contributed by atoms with van der Waals surface area (Å²) >= 11 is 1.78. The van der Waals surface area contributed by atoms with Crippen LogP contribution in [0.4, 0.5) is 0 Å². The standard InChI is InChI=1S/C15H20N2OS/c1-4-17-14(15-11(3)6-7-19-15)12-8-13(18-5-2)10-16-9-12/h6-10,14,17H,4-5H2,1-3H3. The zero-order chi connectivity index (χ0) is 13.7. The van der Waals surface area contributed by atoms with Gasteiger partial charge in [0.05, 0.1) is 18.8 Å². The lowest BCUT2D eigenvalue weighted by Crippen LogP contribution is -2.22. The second-order valence-corrected chi connectivity index (χ2v) is 5.29. The number of aromatic nitrogens is 1. The number of hydrogen-bond acceptors (Lipinski definition) is 4. The molecule has 2 heterocycles. The lowest BCUT2D eigenvalue weighted by atomic mass is 10.0. The second-order valence-electron chi connectivity index (χ2n) is 4.35. The summed E-state index contributed by atoms with van der Waals surface area (Å²) in [5.74, 6) is 0.831. The maximum atomic E-state index is 5.54. The molecule has 3 nitrogen and oxygen atoms in total. The number of rotatable bonds is 6. The van der Waals surface area contributed by atoms with E-state index in [0.717, 1.165) is 17.9 Å². The Hall–Kier alpha value is -1.39. The molecule has 0 spiro atoms. The summed E-state index contributed by atoms with van der Waals surface area (Å²) in [5.41, 5.74) is 2.47. The third-order valence-corrected chi connectivity index (χ3v) is 4.03. The van der Waals surface area contributed by atoms with Gasteiger partial charge in [0.25, 0.3) is 0 Å². The Morgan fingerprint density at radius 3 is 2.84 bits per heavy atom. The van der Waals surface area contributed by atoms with E-state index in [1.54, 1.807) is 17.5 Å². The minimum Gasteiger partial charge on any atom is -0.492 e. The highest BCUT2D eigenvalue weighted by molar-refractivity contribution is 7.10. The molecule has 0 aliphatic rings. The van der Waals surface area contributed by atoms with Gasteiger partial charge in [-0.1, -0.05) is 6.92 Å². The highest BCUT2D eigenvalue weighted by Crippen LogP contribution is 2.30. The van der Waals surface area contributed by atoms with Gasteiger partial charge >= 0.3 is 0 Å². The Bertz CT molecular complexity index is 524. The fraction of sp³-hybridized carbons (Fsp3) is 0.400. The molecule has 102 valence electrons. The summed E-state index contributed by atoms with van der Waals surface area (Å²) in [6.45, 7) is 7.83. The van der Waals surface area contributed by atoms with Crippen LogP contribution in [0.3, 0.4) is 0 Å². The van der Waals surface area contributed by atoms with Crippen LogP contribution in [-0.4, -0.2) is 18.1 Å². The van der Waals surface area contributed by atoms with Crippen LogP contribution < -0.4 is 10.1 Å². The van der Waals surface area contributed by atoms with Gasteiger partial charge in [-0.15, -0.1) is 11.3 Å². The molecule has 0 saturated carbocycles. The van der Waals surface area contributed by atoms with Crippen LogP contribution in [0.15, 0.2) is 29.9 Å². The molecule has 0 aliphatic carbocycles. The van der Waals surface area contributed by atoms with E-state index in [1.807, 2.05) is 13.1 Å². The molecular formula is C15H20N2OS. The largest absolute Gasteiger partial charge is 0.492 e. The van der Waals surface area contributed by atoms with Crippen LogP contribution in [-0.2, 0) is 0 Å². The number of pyridine rings is 1. The van der Waals surface area contributed by atoms with Gasteiger partial charge in [0.1, 0.15) is 5.75 Å². The first kappa shape index (κ1) is 14.0. The Kier molecular flexibility index (Phi) is 4.93. The van der Waals surface area contributed by atoms with Crippen molar-refractivity contribution in [1.82, 2.24) is 10.3 Å². The zero-order valence-corrected chi connectivity index (χ0v) is 12.5. The van der Waals surface area contributed by atoms with Crippen LogP contribution in [0.25, 0.3) is 0 Å². The maximum Gasteiger partial charge on any atom is 0.137 e. The molecule has 1 atom stereocenters. The molecule has 0 radical (unpaired) electrons. The number of ether oxygens (including phenoxy) is 1. The fourth-order valence-electron chi connectivity index (χ4n) is 2.09. The predicted octanol–water partition coefficient (Wildman–Crippen LogP) is 3.55. The van der Waals surface area contributed by atoms with Crippen molar-refractivity contribution in [3.8, 4) is 5.75 Å². The van der Waals surface area contributed by atoms with Gasteiger partial charge in [-0.05, 0) is 49.0 Å². The van der Waals surface area contributed by atoms with Crippen molar-refractivity contribution in [3.63, 3.8) is 0 Å². The lowest BCUT2D eigenvalue weighted by Gasteiger charge is -2.18. The summed E-state index contributed by atoms with van der Waals surface area (Å²) in [5, 5.41) is 5.66. The third-order valence-electron chi connectivity index (χ3n) is 2.95. The van der Waals surface area contributed by atoms with Crippen molar-refractivity contribution < 1.29 is 4.74 Å². The number of nitrogens with one attached hydrogen (secondary N) is 1. The SMILES string of the molecule is CCNC(c1cncc(OCC)c1)c1sccc1C. The molecular weight excluding hydrogens is 256 g/mol. The van der Waals surface area contributed by atoms with Gasteiger partial charge in [-0.25, -0.2) is 0 Å². The average Bonchev–Trinajstić information content (AvgIpc) is 2.83. The molecule has 1 N–H and O–H groups in total. The maximum absolute atomic E-state index is 5.54. The Morgan fingerprint density at radius 2 is 2.21 bits per heavy atom. The first-order valence-corrected chi connectivity index (χ1v) is 7.49. The summed E-state index contributed by atoms with van der Waals surface area (Å²) in [6.07, 6.45) is 3.67. The normalized spacial score (nSPS) is 12.4. The number of nitrogens with zero attached hydrogens (tertiary/aromatic N) is 1. The van der Waals surface area contributed by atoms with Gasteiger partial charge in [0.2, 0.25) is 0 Å². The molecule has 0 aliphatic heterocycles. The summed E-state index contributed by atoms with van der Waals surface area (Å²) in [6, 6.07) is 4.42. The van der Waals surface area contributed by atoms with Gasteiger partial charge in [0, 0.05) is 11.1 Å². The van der Waals surface area contributed by atoms with E-state index in [1.165, 1.54) is 10.4 Å². The topological polar surface area (TPSA) is 34.2 Å². The van der Waals surface area contributed by atoms with Crippen LogP contribution in [0, 0.1) is 6.92 Å². The zero-order valence-electron chi connectivity index (χ0n) is 11.6. The molecule has 2 rings (SSSR count). The van der Waals surface area contributed by atoms with E-state index >= 15 is 0 Å².